The second-order valence-corrected chi connectivity index (χ2v) is 4.69. The van der Waals surface area contributed by atoms with Crippen molar-refractivity contribution in [2.24, 2.45) is 0 Å². The summed E-state index contributed by atoms with van der Waals surface area (Å²) >= 11 is 0. The van der Waals surface area contributed by atoms with E-state index in [1.54, 1.807) is 29.2 Å². The summed E-state index contributed by atoms with van der Waals surface area (Å²) in [6, 6.07) is 8.92. The predicted octanol–water partition coefficient (Wildman–Crippen LogP) is 1.28. The van der Waals surface area contributed by atoms with Crippen molar-refractivity contribution in [2.75, 3.05) is 32.7 Å². The van der Waals surface area contributed by atoms with E-state index in [2.05, 4.69) is 0 Å². The molecule has 1 aromatic carbocycles. The first-order chi connectivity index (χ1) is 9.65. The Kier molecular flexibility index (Phi) is 4.95. The van der Waals surface area contributed by atoms with Crippen LogP contribution in [0.3, 0.4) is 0 Å². The van der Waals surface area contributed by atoms with Crippen LogP contribution in [0, 0.1) is 0 Å². The van der Waals surface area contributed by atoms with Gasteiger partial charge in [0.05, 0.1) is 6.54 Å². The Morgan fingerprint density at radius 3 is 2.55 bits per heavy atom. The van der Waals surface area contributed by atoms with Gasteiger partial charge in [0, 0.05) is 26.2 Å². The van der Waals surface area contributed by atoms with Crippen molar-refractivity contribution in [2.45, 2.75) is 6.42 Å². The maximum absolute atomic E-state index is 12.0. The third kappa shape index (κ3) is 4.24. The lowest BCUT2D eigenvalue weighted by Gasteiger charge is -2.20. The maximum Gasteiger partial charge on any atom is 0.415 e. The number of para-hydroxylation sites is 1. The number of ether oxygens (including phenoxy) is 1. The first-order valence-corrected chi connectivity index (χ1v) is 6.61. The summed E-state index contributed by atoms with van der Waals surface area (Å²) in [4.78, 5) is 26.2. The molecule has 1 aliphatic rings. The Labute approximate surface area is 117 Å². The minimum absolute atomic E-state index is 0.0154. The minimum atomic E-state index is -0.842. The third-order valence-corrected chi connectivity index (χ3v) is 3.15. The predicted molar refractivity (Wildman–Crippen MR) is 72.7 cm³/mol. The molecule has 1 heterocycles. The van der Waals surface area contributed by atoms with Crippen LogP contribution in [0.1, 0.15) is 6.42 Å². The van der Waals surface area contributed by atoms with Crippen LogP contribution in [0.2, 0.25) is 0 Å². The van der Waals surface area contributed by atoms with Crippen molar-refractivity contribution >= 4 is 12.1 Å². The molecule has 0 bridgehead atoms. The fourth-order valence-electron chi connectivity index (χ4n) is 2.16. The number of hydrogen-bond acceptors (Lipinski definition) is 4. The van der Waals surface area contributed by atoms with Crippen LogP contribution < -0.4 is 4.74 Å². The van der Waals surface area contributed by atoms with Gasteiger partial charge in [0.1, 0.15) is 5.75 Å². The van der Waals surface area contributed by atoms with Gasteiger partial charge in [-0.3, -0.25) is 9.69 Å². The average Bonchev–Trinajstić information content (AvgIpc) is 2.65. The highest BCUT2D eigenvalue weighted by molar-refractivity contribution is 5.71. The molecule has 1 amide bonds. The lowest BCUT2D eigenvalue weighted by molar-refractivity contribution is -0.138. The van der Waals surface area contributed by atoms with Gasteiger partial charge in [-0.2, -0.15) is 0 Å². The van der Waals surface area contributed by atoms with Crippen molar-refractivity contribution in [3.8, 4) is 5.75 Å². The molecule has 1 aromatic rings. The molecule has 0 unspecified atom stereocenters. The Bertz CT molecular complexity index is 464. The third-order valence-electron chi connectivity index (χ3n) is 3.15. The molecule has 6 nitrogen and oxygen atoms in total. The summed E-state index contributed by atoms with van der Waals surface area (Å²) < 4.78 is 5.28. The standard InChI is InChI=1S/C14H18N2O4/c17-13(18)11-15-7-4-8-16(10-9-15)14(19)20-12-5-2-1-3-6-12/h1-3,5-6H,4,7-11H2,(H,17,18). The summed E-state index contributed by atoms with van der Waals surface area (Å²) in [5.41, 5.74) is 0. The van der Waals surface area contributed by atoms with Crippen LogP contribution >= 0.6 is 0 Å². The minimum Gasteiger partial charge on any atom is -0.480 e. The molecule has 2 rings (SSSR count). The lowest BCUT2D eigenvalue weighted by Crippen LogP contribution is -2.38. The lowest BCUT2D eigenvalue weighted by atomic mass is 10.3. The molecule has 1 fully saturated rings. The van der Waals surface area contributed by atoms with Crippen molar-refractivity contribution in [1.82, 2.24) is 9.80 Å². The number of aliphatic carboxylic acids is 1. The van der Waals surface area contributed by atoms with Gasteiger partial charge < -0.3 is 14.7 Å². The number of carboxylic acids is 1. The molecule has 1 N–H and O–H groups in total. The topological polar surface area (TPSA) is 70.1 Å². The van der Waals surface area contributed by atoms with E-state index in [-0.39, 0.29) is 12.6 Å². The first kappa shape index (κ1) is 14.3. The number of carbonyl (C=O) groups is 2. The van der Waals surface area contributed by atoms with Crippen molar-refractivity contribution in [3.05, 3.63) is 30.3 Å². The van der Waals surface area contributed by atoms with E-state index in [0.717, 1.165) is 6.42 Å². The first-order valence-electron chi connectivity index (χ1n) is 6.61. The summed E-state index contributed by atoms with van der Waals surface area (Å²) in [6.07, 6.45) is 0.366. The van der Waals surface area contributed by atoms with Crippen LogP contribution in [0.5, 0.6) is 5.75 Å². The zero-order valence-corrected chi connectivity index (χ0v) is 11.2. The Morgan fingerprint density at radius 2 is 1.85 bits per heavy atom. The Morgan fingerprint density at radius 1 is 1.10 bits per heavy atom. The Balaban J connectivity index is 1.86. The van der Waals surface area contributed by atoms with E-state index in [9.17, 15) is 9.59 Å². The highest BCUT2D eigenvalue weighted by atomic mass is 16.6. The zero-order valence-electron chi connectivity index (χ0n) is 11.2. The second kappa shape index (κ2) is 6.91. The monoisotopic (exact) mass is 278 g/mol. The van der Waals surface area contributed by atoms with E-state index >= 15 is 0 Å². The normalized spacial score (nSPS) is 16.5. The largest absolute Gasteiger partial charge is 0.480 e. The fraction of sp³-hybridized carbons (Fsp3) is 0.429. The zero-order chi connectivity index (χ0) is 14.4. The molecule has 1 aliphatic heterocycles. The van der Waals surface area contributed by atoms with Crippen molar-refractivity contribution < 1.29 is 19.4 Å². The number of carbonyl (C=O) groups excluding carboxylic acids is 1. The molecule has 1 saturated heterocycles. The fourth-order valence-corrected chi connectivity index (χ4v) is 2.16. The number of nitrogens with zero attached hydrogens (tertiary/aromatic N) is 2. The molecule has 0 radical (unpaired) electrons. The van der Waals surface area contributed by atoms with E-state index < -0.39 is 5.97 Å². The van der Waals surface area contributed by atoms with Crippen LogP contribution in [0.15, 0.2) is 30.3 Å². The van der Waals surface area contributed by atoms with Gasteiger partial charge in [0.2, 0.25) is 0 Å². The van der Waals surface area contributed by atoms with Gasteiger partial charge in [-0.05, 0) is 18.6 Å². The molecule has 6 heteroatoms. The van der Waals surface area contributed by atoms with E-state index in [1.807, 2.05) is 11.0 Å². The van der Waals surface area contributed by atoms with Gasteiger partial charge in [0.15, 0.2) is 0 Å². The maximum atomic E-state index is 12.0. The molecular weight excluding hydrogens is 260 g/mol. The van der Waals surface area contributed by atoms with Crippen LogP contribution in [-0.2, 0) is 4.79 Å². The van der Waals surface area contributed by atoms with Crippen LogP contribution in [-0.4, -0.2) is 59.7 Å². The molecular formula is C14H18N2O4. The quantitative estimate of drug-likeness (QED) is 0.902. The van der Waals surface area contributed by atoms with Gasteiger partial charge >= 0.3 is 12.1 Å². The second-order valence-electron chi connectivity index (χ2n) is 4.69. The highest BCUT2D eigenvalue weighted by Gasteiger charge is 2.21. The average molecular weight is 278 g/mol. The molecule has 0 aliphatic carbocycles. The Hall–Kier alpha value is -2.08. The molecule has 0 spiro atoms. The number of amides is 1. The van der Waals surface area contributed by atoms with E-state index in [4.69, 9.17) is 9.84 Å². The molecule has 108 valence electrons. The molecule has 0 aromatic heterocycles. The van der Waals surface area contributed by atoms with E-state index in [0.29, 0.717) is 31.9 Å². The van der Waals surface area contributed by atoms with Crippen LogP contribution in [0.25, 0.3) is 0 Å². The summed E-state index contributed by atoms with van der Waals surface area (Å²) in [7, 11) is 0. The van der Waals surface area contributed by atoms with E-state index in [1.165, 1.54) is 0 Å². The summed E-state index contributed by atoms with van der Waals surface area (Å²) in [5, 5.41) is 8.78. The van der Waals surface area contributed by atoms with Gasteiger partial charge in [-0.1, -0.05) is 18.2 Å². The van der Waals surface area contributed by atoms with Crippen LogP contribution in [0.4, 0.5) is 4.79 Å². The van der Waals surface area contributed by atoms with Crippen molar-refractivity contribution in [3.63, 3.8) is 0 Å². The SMILES string of the molecule is O=C(O)CN1CCCN(C(=O)Oc2ccccc2)CC1. The van der Waals surface area contributed by atoms with Gasteiger partial charge in [-0.25, -0.2) is 4.79 Å². The summed E-state index contributed by atoms with van der Waals surface area (Å²) in [5.74, 6) is -0.325. The smallest absolute Gasteiger partial charge is 0.415 e. The summed E-state index contributed by atoms with van der Waals surface area (Å²) in [6.45, 7) is 2.32. The number of hydrogen-bond donors (Lipinski definition) is 1. The van der Waals surface area contributed by atoms with Crippen molar-refractivity contribution in [1.29, 1.82) is 0 Å². The molecule has 0 atom stereocenters. The van der Waals surface area contributed by atoms with Gasteiger partial charge in [-0.15, -0.1) is 0 Å². The molecule has 0 saturated carbocycles. The number of carboxylic acid groups (broad SMARTS) is 1. The molecule has 20 heavy (non-hydrogen) atoms. The number of rotatable bonds is 3. The van der Waals surface area contributed by atoms with Gasteiger partial charge in [0.25, 0.3) is 0 Å². The number of benzene rings is 1. The highest BCUT2D eigenvalue weighted by Crippen LogP contribution is 2.11.